The molecule has 0 N–H and O–H groups in total. The highest BCUT2D eigenvalue weighted by Crippen LogP contribution is 2.00. The molecular formula is C22H12B2. The van der Waals surface area contributed by atoms with Crippen molar-refractivity contribution in [3.05, 3.63) is 95.1 Å². The molecule has 3 aromatic rings. The average Bonchev–Trinajstić information content (AvgIpc) is 2.62. The van der Waals surface area contributed by atoms with E-state index < -0.39 is 0 Å². The Hall–Kier alpha value is -3.09. The van der Waals surface area contributed by atoms with Crippen LogP contribution in [0, 0.1) is 23.7 Å². The van der Waals surface area contributed by atoms with E-state index >= 15 is 0 Å². The third-order valence-corrected chi connectivity index (χ3v) is 3.45. The molecule has 106 valence electrons. The van der Waals surface area contributed by atoms with Gasteiger partial charge in [-0.3, -0.25) is 0 Å². The van der Waals surface area contributed by atoms with Crippen molar-refractivity contribution in [2.75, 3.05) is 0 Å². The Morgan fingerprint density at radius 3 is 1.25 bits per heavy atom. The van der Waals surface area contributed by atoms with Crippen LogP contribution in [0.15, 0.2) is 72.8 Å². The fourth-order valence-electron chi connectivity index (χ4n) is 2.17. The van der Waals surface area contributed by atoms with E-state index in [9.17, 15) is 0 Å². The van der Waals surface area contributed by atoms with Crippen molar-refractivity contribution in [3.8, 4) is 23.7 Å². The molecule has 0 nitrogen and oxygen atoms in total. The van der Waals surface area contributed by atoms with Gasteiger partial charge in [0.05, 0.1) is 0 Å². The minimum absolute atomic E-state index is 0.574. The number of hydrogen-bond donors (Lipinski definition) is 0. The largest absolute Gasteiger partial charge is 0.115 e. The van der Waals surface area contributed by atoms with Gasteiger partial charge in [0.25, 0.3) is 0 Å². The van der Waals surface area contributed by atoms with Gasteiger partial charge in [-0.25, -0.2) is 0 Å². The molecule has 0 atom stereocenters. The summed E-state index contributed by atoms with van der Waals surface area (Å²) in [7, 11) is 12.2. The third-order valence-electron chi connectivity index (χ3n) is 3.45. The van der Waals surface area contributed by atoms with E-state index in [4.69, 9.17) is 15.7 Å². The summed E-state index contributed by atoms with van der Waals surface area (Å²) in [6.07, 6.45) is 0. The highest BCUT2D eigenvalue weighted by atomic mass is 14.0. The van der Waals surface area contributed by atoms with E-state index in [0.29, 0.717) is 22.1 Å². The van der Waals surface area contributed by atoms with Crippen molar-refractivity contribution in [1.82, 2.24) is 0 Å². The Bertz CT molecular complexity index is 883. The third kappa shape index (κ3) is 4.01. The maximum absolute atomic E-state index is 6.10. The van der Waals surface area contributed by atoms with Gasteiger partial charge in [0, 0.05) is 22.3 Å². The lowest BCUT2D eigenvalue weighted by molar-refractivity contribution is 1.63. The zero-order valence-corrected chi connectivity index (χ0v) is 13.1. The molecule has 0 fully saturated rings. The topological polar surface area (TPSA) is 0 Å². The van der Waals surface area contributed by atoms with Crippen LogP contribution in [0.2, 0.25) is 0 Å². The molecule has 0 amide bonds. The van der Waals surface area contributed by atoms with E-state index in [1.54, 1.807) is 12.1 Å². The summed E-state index contributed by atoms with van der Waals surface area (Å²) in [4.78, 5) is 0. The van der Waals surface area contributed by atoms with Crippen molar-refractivity contribution in [2.24, 2.45) is 0 Å². The first-order valence-electron chi connectivity index (χ1n) is 7.55. The molecule has 3 rings (SSSR count). The molecule has 0 aliphatic heterocycles. The second kappa shape index (κ2) is 7.45. The molecule has 0 unspecified atom stereocenters. The van der Waals surface area contributed by atoms with Crippen LogP contribution in [0.5, 0.6) is 0 Å². The first-order chi connectivity index (χ1) is 11.7. The van der Waals surface area contributed by atoms with Gasteiger partial charge >= 0.3 is 0 Å². The summed E-state index contributed by atoms with van der Waals surface area (Å²) in [5.74, 6) is 12.3. The van der Waals surface area contributed by atoms with Gasteiger partial charge in [0.1, 0.15) is 15.7 Å². The van der Waals surface area contributed by atoms with E-state index in [-0.39, 0.29) is 0 Å². The Morgan fingerprint density at radius 1 is 0.500 bits per heavy atom. The smallest absolute Gasteiger partial charge is 0.0801 e. The van der Waals surface area contributed by atoms with Crippen LogP contribution < -0.4 is 10.9 Å². The number of rotatable bonds is 0. The van der Waals surface area contributed by atoms with Gasteiger partial charge < -0.3 is 0 Å². The van der Waals surface area contributed by atoms with Gasteiger partial charge in [0.15, 0.2) is 0 Å². The quantitative estimate of drug-likeness (QED) is 0.440. The van der Waals surface area contributed by atoms with Crippen molar-refractivity contribution in [3.63, 3.8) is 0 Å². The van der Waals surface area contributed by atoms with Crippen LogP contribution in [-0.2, 0) is 0 Å². The molecule has 0 saturated carbocycles. The monoisotopic (exact) mass is 298 g/mol. The van der Waals surface area contributed by atoms with Crippen LogP contribution in [0.1, 0.15) is 22.3 Å². The minimum atomic E-state index is 0.574. The van der Waals surface area contributed by atoms with E-state index in [1.807, 2.05) is 60.7 Å². The molecule has 0 aliphatic rings. The lowest BCUT2D eigenvalue weighted by Crippen LogP contribution is -2.18. The lowest BCUT2D eigenvalue weighted by atomic mass is 9.81. The molecule has 0 spiro atoms. The highest BCUT2D eigenvalue weighted by Gasteiger charge is 2.00. The molecule has 0 aliphatic carbocycles. The van der Waals surface area contributed by atoms with Gasteiger partial charge in [-0.1, -0.05) is 83.1 Å². The van der Waals surface area contributed by atoms with Gasteiger partial charge in [-0.05, 0) is 24.3 Å². The Morgan fingerprint density at radius 2 is 0.875 bits per heavy atom. The predicted octanol–water partition coefficient (Wildman–Crippen LogP) is 2.07. The number of benzene rings is 3. The second-order valence-electron chi connectivity index (χ2n) is 5.26. The van der Waals surface area contributed by atoms with Crippen LogP contribution >= 0.6 is 0 Å². The molecular weight excluding hydrogens is 286 g/mol. The van der Waals surface area contributed by atoms with Crippen molar-refractivity contribution >= 4 is 26.6 Å². The summed E-state index contributed by atoms with van der Waals surface area (Å²) in [5, 5.41) is 0. The summed E-state index contributed by atoms with van der Waals surface area (Å²) >= 11 is 0. The molecule has 0 heterocycles. The molecule has 3 aromatic carbocycles. The maximum atomic E-state index is 6.10. The van der Waals surface area contributed by atoms with Crippen LogP contribution in [0.4, 0.5) is 0 Å². The Labute approximate surface area is 145 Å². The molecule has 0 bridgehead atoms. The van der Waals surface area contributed by atoms with Crippen molar-refractivity contribution in [2.45, 2.75) is 0 Å². The highest BCUT2D eigenvalue weighted by molar-refractivity contribution is 6.38. The van der Waals surface area contributed by atoms with E-state index in [2.05, 4.69) is 23.7 Å². The lowest BCUT2D eigenvalue weighted by Gasteiger charge is -2.04. The predicted molar refractivity (Wildman–Crippen MR) is 102 cm³/mol. The first-order valence-corrected chi connectivity index (χ1v) is 7.55. The SMILES string of the molecule is [B]c1cc(C#Cc2ccccc2)c([B])cc1C#Cc1ccccc1. The normalized spacial score (nSPS) is 9.33. The fourth-order valence-corrected chi connectivity index (χ4v) is 2.17. The van der Waals surface area contributed by atoms with Crippen molar-refractivity contribution in [1.29, 1.82) is 0 Å². The van der Waals surface area contributed by atoms with Crippen LogP contribution in [0.25, 0.3) is 0 Å². The standard InChI is InChI=1S/C22H12B2/c23-21-16-20(14-12-18-9-5-2-6-10-18)22(24)15-19(21)13-11-17-7-3-1-4-8-17/h1-10,15-16H. The summed E-state index contributed by atoms with van der Waals surface area (Å²) < 4.78 is 0. The van der Waals surface area contributed by atoms with Crippen LogP contribution in [0.3, 0.4) is 0 Å². The zero-order valence-electron chi connectivity index (χ0n) is 13.1. The molecule has 4 radical (unpaired) electrons. The fraction of sp³-hybridized carbons (Fsp3) is 0. The second-order valence-corrected chi connectivity index (χ2v) is 5.26. The molecule has 24 heavy (non-hydrogen) atoms. The summed E-state index contributed by atoms with van der Waals surface area (Å²) in [6, 6.07) is 23.1. The summed E-state index contributed by atoms with van der Waals surface area (Å²) in [5.41, 5.74) is 4.44. The zero-order chi connectivity index (χ0) is 16.8. The Kier molecular flexibility index (Phi) is 4.90. The minimum Gasteiger partial charge on any atom is -0.0801 e. The van der Waals surface area contributed by atoms with Crippen molar-refractivity contribution < 1.29 is 0 Å². The first kappa shape index (κ1) is 15.8. The molecule has 0 aromatic heterocycles. The van der Waals surface area contributed by atoms with E-state index in [1.165, 1.54) is 0 Å². The summed E-state index contributed by atoms with van der Waals surface area (Å²) in [6.45, 7) is 0. The van der Waals surface area contributed by atoms with Gasteiger partial charge in [-0.2, -0.15) is 0 Å². The molecule has 2 heteroatoms. The van der Waals surface area contributed by atoms with Crippen LogP contribution in [-0.4, -0.2) is 15.7 Å². The Balaban J connectivity index is 1.90. The van der Waals surface area contributed by atoms with Gasteiger partial charge in [0.2, 0.25) is 0 Å². The number of hydrogen-bond acceptors (Lipinski definition) is 0. The van der Waals surface area contributed by atoms with Gasteiger partial charge in [-0.15, -0.1) is 0 Å². The maximum Gasteiger partial charge on any atom is 0.115 e. The molecule has 0 saturated heterocycles. The average molecular weight is 298 g/mol. The van der Waals surface area contributed by atoms with E-state index in [0.717, 1.165) is 11.1 Å².